The number of phenols is 1. The molecule has 90 valence electrons. The molecule has 3 nitrogen and oxygen atoms in total. The fourth-order valence-electron chi connectivity index (χ4n) is 1.71. The first-order chi connectivity index (χ1) is 8.63. The molecule has 0 spiro atoms. The van der Waals surface area contributed by atoms with Gasteiger partial charge in [-0.1, -0.05) is 0 Å². The van der Waals surface area contributed by atoms with Crippen molar-refractivity contribution in [3.05, 3.63) is 50.3 Å². The van der Waals surface area contributed by atoms with Crippen LogP contribution in [-0.2, 0) is 0 Å². The third-order valence-electron chi connectivity index (χ3n) is 2.51. The largest absolute Gasteiger partial charge is 0.508 e. The number of allylic oxidation sites excluding steroid dienone is 1. The molecule has 5 heteroatoms. The van der Waals surface area contributed by atoms with Crippen molar-refractivity contribution in [1.29, 1.82) is 0 Å². The zero-order valence-corrected chi connectivity index (χ0v) is 11.4. The van der Waals surface area contributed by atoms with Gasteiger partial charge in [0.15, 0.2) is 5.76 Å². The third kappa shape index (κ3) is 1.95. The highest BCUT2D eigenvalue weighted by molar-refractivity contribution is 9.10. The van der Waals surface area contributed by atoms with Crippen LogP contribution in [0.4, 0.5) is 0 Å². The smallest absolute Gasteiger partial charge is 0.232 e. The number of halogens is 1. The van der Waals surface area contributed by atoms with Gasteiger partial charge in [-0.2, -0.15) is 0 Å². The lowest BCUT2D eigenvalue weighted by Gasteiger charge is -1.97. The predicted molar refractivity (Wildman–Crippen MR) is 73.1 cm³/mol. The van der Waals surface area contributed by atoms with Crippen LogP contribution in [0.5, 0.6) is 11.5 Å². The Hall–Kier alpha value is -1.59. The van der Waals surface area contributed by atoms with E-state index in [4.69, 9.17) is 4.74 Å². The highest BCUT2D eigenvalue weighted by atomic mass is 79.9. The highest BCUT2D eigenvalue weighted by Gasteiger charge is 2.27. The molecule has 2 aromatic rings. The summed E-state index contributed by atoms with van der Waals surface area (Å²) in [6, 6.07) is 6.40. The van der Waals surface area contributed by atoms with E-state index in [1.165, 1.54) is 23.5 Å². The maximum Gasteiger partial charge on any atom is 0.232 e. The normalized spacial score (nSPS) is 15.8. The first-order valence-corrected chi connectivity index (χ1v) is 6.82. The van der Waals surface area contributed by atoms with Crippen molar-refractivity contribution in [2.24, 2.45) is 0 Å². The lowest BCUT2D eigenvalue weighted by atomic mass is 10.1. The number of benzene rings is 1. The summed E-state index contributed by atoms with van der Waals surface area (Å²) < 4.78 is 6.43. The van der Waals surface area contributed by atoms with Gasteiger partial charge in [0.25, 0.3) is 0 Å². The molecule has 1 aromatic heterocycles. The molecule has 0 bridgehead atoms. The quantitative estimate of drug-likeness (QED) is 0.811. The molecular weight excluding hydrogens is 316 g/mol. The van der Waals surface area contributed by atoms with E-state index in [9.17, 15) is 9.90 Å². The summed E-state index contributed by atoms with van der Waals surface area (Å²) >= 11 is 4.87. The van der Waals surface area contributed by atoms with Crippen molar-refractivity contribution < 1.29 is 14.6 Å². The van der Waals surface area contributed by atoms with Gasteiger partial charge in [-0.15, -0.1) is 11.3 Å². The maximum absolute atomic E-state index is 12.0. The Morgan fingerprint density at radius 1 is 1.33 bits per heavy atom. The molecule has 0 amide bonds. The molecular formula is C13H7BrO3S. The molecule has 3 rings (SSSR count). The van der Waals surface area contributed by atoms with Crippen molar-refractivity contribution in [3.8, 4) is 11.5 Å². The average molecular weight is 323 g/mol. The van der Waals surface area contributed by atoms with Crippen LogP contribution < -0.4 is 4.74 Å². The van der Waals surface area contributed by atoms with Crippen molar-refractivity contribution in [3.63, 3.8) is 0 Å². The molecule has 1 aromatic carbocycles. The van der Waals surface area contributed by atoms with Crippen LogP contribution in [0.15, 0.2) is 39.9 Å². The lowest BCUT2D eigenvalue weighted by Crippen LogP contribution is -1.97. The van der Waals surface area contributed by atoms with Crippen LogP contribution in [0.1, 0.15) is 15.2 Å². The minimum absolute atomic E-state index is 0.0849. The zero-order chi connectivity index (χ0) is 12.7. The first kappa shape index (κ1) is 11.5. The number of hydrogen-bond acceptors (Lipinski definition) is 4. The van der Waals surface area contributed by atoms with E-state index < -0.39 is 0 Å². The van der Waals surface area contributed by atoms with Crippen molar-refractivity contribution >= 4 is 39.1 Å². The van der Waals surface area contributed by atoms with Crippen molar-refractivity contribution in [2.45, 2.75) is 0 Å². The molecule has 0 aliphatic carbocycles. The van der Waals surface area contributed by atoms with Gasteiger partial charge in [-0.05, 0) is 34.1 Å². The van der Waals surface area contributed by atoms with Crippen LogP contribution in [0, 0.1) is 0 Å². The molecule has 1 aliphatic heterocycles. The van der Waals surface area contributed by atoms with Crippen LogP contribution in [0.3, 0.4) is 0 Å². The Morgan fingerprint density at radius 2 is 2.17 bits per heavy atom. The van der Waals surface area contributed by atoms with Gasteiger partial charge in [-0.25, -0.2) is 0 Å². The van der Waals surface area contributed by atoms with Gasteiger partial charge in [0, 0.05) is 26.9 Å². The highest BCUT2D eigenvalue weighted by Crippen LogP contribution is 2.35. The second-order valence-corrected chi connectivity index (χ2v) is 5.65. The molecule has 1 N–H and O–H groups in total. The molecule has 0 radical (unpaired) electrons. The van der Waals surface area contributed by atoms with Gasteiger partial charge >= 0.3 is 0 Å². The summed E-state index contributed by atoms with van der Waals surface area (Å²) in [6.07, 6.45) is 1.70. The standard InChI is InChI=1S/C13H7BrO3S/c14-7-3-9(18-6-7)5-12-13(16)10-2-1-8(15)4-11(10)17-12/h1-6,15H/b12-5+. The molecule has 0 unspecified atom stereocenters. The molecule has 0 saturated heterocycles. The van der Waals surface area contributed by atoms with Gasteiger partial charge in [-0.3, -0.25) is 4.79 Å². The number of carbonyl (C=O) groups excluding carboxylic acids is 1. The summed E-state index contributed by atoms with van der Waals surface area (Å²) in [5.74, 6) is 0.614. The number of hydrogen-bond donors (Lipinski definition) is 1. The van der Waals surface area contributed by atoms with E-state index in [1.807, 2.05) is 11.4 Å². The van der Waals surface area contributed by atoms with E-state index in [1.54, 1.807) is 12.1 Å². The molecule has 2 heterocycles. The summed E-state index contributed by atoms with van der Waals surface area (Å²) in [5, 5.41) is 11.3. The van der Waals surface area contributed by atoms with E-state index >= 15 is 0 Å². The number of ketones is 1. The van der Waals surface area contributed by atoms with Crippen LogP contribution >= 0.6 is 27.3 Å². The molecule has 0 atom stereocenters. The minimum Gasteiger partial charge on any atom is -0.508 e. The Balaban J connectivity index is 1.99. The zero-order valence-electron chi connectivity index (χ0n) is 9.01. The van der Waals surface area contributed by atoms with Gasteiger partial charge < -0.3 is 9.84 Å². The van der Waals surface area contributed by atoms with E-state index in [0.29, 0.717) is 11.3 Å². The van der Waals surface area contributed by atoms with E-state index in [2.05, 4.69) is 15.9 Å². The number of ether oxygens (including phenoxy) is 1. The average Bonchev–Trinajstić information content (AvgIpc) is 2.85. The number of phenolic OH excluding ortho intramolecular Hbond substituents is 1. The number of Topliss-reactive ketones (excluding diaryl/α,β-unsaturated/α-hetero) is 1. The third-order valence-corrected chi connectivity index (χ3v) is 4.16. The molecule has 0 fully saturated rings. The fraction of sp³-hybridized carbons (Fsp3) is 0. The van der Waals surface area contributed by atoms with Gasteiger partial charge in [0.05, 0.1) is 5.56 Å². The fourth-order valence-corrected chi connectivity index (χ4v) is 3.07. The first-order valence-electron chi connectivity index (χ1n) is 5.15. The number of aromatic hydroxyl groups is 1. The van der Waals surface area contributed by atoms with Crippen LogP contribution in [-0.4, -0.2) is 10.9 Å². The lowest BCUT2D eigenvalue weighted by molar-refractivity contribution is 0.101. The summed E-state index contributed by atoms with van der Waals surface area (Å²) in [6.45, 7) is 0. The van der Waals surface area contributed by atoms with Gasteiger partial charge in [0.1, 0.15) is 11.5 Å². The monoisotopic (exact) mass is 322 g/mol. The Kier molecular flexibility index (Phi) is 2.72. The van der Waals surface area contributed by atoms with Gasteiger partial charge in [0.2, 0.25) is 5.78 Å². The number of carbonyl (C=O) groups is 1. The number of rotatable bonds is 1. The number of fused-ring (bicyclic) bond motifs is 1. The second kappa shape index (κ2) is 4.26. The summed E-state index contributed by atoms with van der Waals surface area (Å²) in [5.41, 5.74) is 0.481. The van der Waals surface area contributed by atoms with Crippen molar-refractivity contribution in [2.75, 3.05) is 0 Å². The van der Waals surface area contributed by atoms with E-state index in [0.717, 1.165) is 9.35 Å². The second-order valence-electron chi connectivity index (χ2n) is 3.79. The van der Waals surface area contributed by atoms with E-state index in [-0.39, 0.29) is 17.3 Å². The maximum atomic E-state index is 12.0. The Labute approximate surface area is 115 Å². The Bertz CT molecular complexity index is 673. The SMILES string of the molecule is O=C1/C(=C\c2cc(Br)cs2)Oc2cc(O)ccc21. The Morgan fingerprint density at radius 3 is 2.89 bits per heavy atom. The van der Waals surface area contributed by atoms with Crippen LogP contribution in [0.25, 0.3) is 6.08 Å². The summed E-state index contributed by atoms with van der Waals surface area (Å²) in [7, 11) is 0. The predicted octanol–water partition coefficient (Wildman–Crippen LogP) is 3.83. The molecule has 0 saturated carbocycles. The summed E-state index contributed by atoms with van der Waals surface area (Å²) in [4.78, 5) is 13.0. The van der Waals surface area contributed by atoms with Crippen molar-refractivity contribution in [1.82, 2.24) is 0 Å². The van der Waals surface area contributed by atoms with Crippen LogP contribution in [0.2, 0.25) is 0 Å². The molecule has 1 aliphatic rings. The number of thiophene rings is 1. The minimum atomic E-state index is -0.158. The molecule has 18 heavy (non-hydrogen) atoms. The topological polar surface area (TPSA) is 46.5 Å².